The van der Waals surface area contributed by atoms with E-state index in [2.05, 4.69) is 34.2 Å². The highest BCUT2D eigenvalue weighted by Crippen LogP contribution is 2.22. The Bertz CT molecular complexity index is 429. The molecular weight excluding hydrogens is 268 g/mol. The number of nitrogen functional groups attached to an aromatic ring is 1. The zero-order valence-corrected chi connectivity index (χ0v) is 13.0. The monoisotopic (exact) mass is 294 g/mol. The molecule has 2 rings (SSSR count). The van der Waals surface area contributed by atoms with Gasteiger partial charge in [-0.15, -0.1) is 0 Å². The van der Waals surface area contributed by atoms with Gasteiger partial charge in [-0.25, -0.2) is 5.84 Å². The van der Waals surface area contributed by atoms with Crippen molar-refractivity contribution in [3.05, 3.63) is 0 Å². The maximum Gasteiger partial charge on any atom is 0.323 e. The summed E-state index contributed by atoms with van der Waals surface area (Å²) in [6.07, 6.45) is 7.33. The first-order valence-electron chi connectivity index (χ1n) is 7.91. The summed E-state index contributed by atoms with van der Waals surface area (Å²) in [6, 6.07) is 0.367. The molecule has 0 amide bonds. The van der Waals surface area contributed by atoms with Gasteiger partial charge in [-0.3, -0.25) is 5.43 Å². The molecule has 0 saturated heterocycles. The summed E-state index contributed by atoms with van der Waals surface area (Å²) in [5.41, 5.74) is 2.49. The average molecular weight is 294 g/mol. The number of anilines is 2. The Hall–Kier alpha value is -1.63. The van der Waals surface area contributed by atoms with Crippen LogP contribution in [0.5, 0.6) is 6.01 Å². The van der Waals surface area contributed by atoms with Crippen LogP contribution >= 0.6 is 0 Å². The van der Waals surface area contributed by atoms with Crippen LogP contribution in [0, 0.1) is 0 Å². The van der Waals surface area contributed by atoms with Crippen molar-refractivity contribution in [3.8, 4) is 6.01 Å². The van der Waals surface area contributed by atoms with Gasteiger partial charge in [0, 0.05) is 13.1 Å². The number of hydrazine groups is 1. The van der Waals surface area contributed by atoms with Crippen LogP contribution in [0.1, 0.15) is 52.4 Å². The third-order valence-electron chi connectivity index (χ3n) is 3.85. The number of nitrogens with zero attached hydrogens (tertiary/aromatic N) is 4. The van der Waals surface area contributed by atoms with Crippen LogP contribution in [0.4, 0.5) is 11.9 Å². The van der Waals surface area contributed by atoms with E-state index in [4.69, 9.17) is 10.6 Å². The molecule has 1 aromatic heterocycles. The molecule has 21 heavy (non-hydrogen) atoms. The van der Waals surface area contributed by atoms with Gasteiger partial charge < -0.3 is 9.64 Å². The van der Waals surface area contributed by atoms with Gasteiger partial charge in [-0.1, -0.05) is 12.8 Å². The fourth-order valence-corrected chi connectivity index (χ4v) is 2.62. The van der Waals surface area contributed by atoms with E-state index >= 15 is 0 Å². The number of ether oxygens (including phenoxy) is 1. The maximum absolute atomic E-state index is 5.97. The molecule has 3 N–H and O–H groups in total. The van der Waals surface area contributed by atoms with Crippen LogP contribution in [0.3, 0.4) is 0 Å². The minimum absolute atomic E-state index is 0.199. The van der Waals surface area contributed by atoms with Crippen molar-refractivity contribution in [2.75, 3.05) is 23.4 Å². The quantitative estimate of drug-likeness (QED) is 0.472. The summed E-state index contributed by atoms with van der Waals surface area (Å²) in [7, 11) is 0. The van der Waals surface area contributed by atoms with E-state index < -0.39 is 0 Å². The van der Waals surface area contributed by atoms with Crippen molar-refractivity contribution in [2.45, 2.75) is 58.5 Å². The molecule has 118 valence electrons. The zero-order valence-electron chi connectivity index (χ0n) is 13.0. The molecule has 1 aliphatic carbocycles. The molecule has 0 bridgehead atoms. The fraction of sp³-hybridized carbons (Fsp3) is 0.786. The molecule has 1 fully saturated rings. The first kappa shape index (κ1) is 15.8. The van der Waals surface area contributed by atoms with Crippen molar-refractivity contribution in [2.24, 2.45) is 5.84 Å². The van der Waals surface area contributed by atoms with Crippen LogP contribution in [0.15, 0.2) is 0 Å². The standard InChI is InChI=1S/C14H26N6O/c1-3-20(4-2)13-16-12(19-15)17-14(18-13)21-11-9-7-5-6-8-10-11/h11H,3-10,15H2,1-2H3,(H,16,17,18,19). The van der Waals surface area contributed by atoms with Crippen molar-refractivity contribution in [3.63, 3.8) is 0 Å². The Morgan fingerprint density at radius 2 is 1.76 bits per heavy atom. The predicted octanol–water partition coefficient (Wildman–Crippen LogP) is 2.10. The smallest absolute Gasteiger partial charge is 0.323 e. The minimum Gasteiger partial charge on any atom is -0.460 e. The first-order chi connectivity index (χ1) is 10.3. The number of nitrogens with two attached hydrogens (primary N) is 1. The molecular formula is C14H26N6O. The molecule has 0 spiro atoms. The molecule has 1 heterocycles. The molecule has 0 aromatic carbocycles. The van der Waals surface area contributed by atoms with E-state index in [1.807, 2.05) is 4.90 Å². The van der Waals surface area contributed by atoms with E-state index in [9.17, 15) is 0 Å². The van der Waals surface area contributed by atoms with Crippen LogP contribution in [-0.2, 0) is 0 Å². The molecule has 7 heteroatoms. The fourth-order valence-electron chi connectivity index (χ4n) is 2.62. The highest BCUT2D eigenvalue weighted by atomic mass is 16.5. The van der Waals surface area contributed by atoms with E-state index in [1.54, 1.807) is 0 Å². The summed E-state index contributed by atoms with van der Waals surface area (Å²) in [6.45, 7) is 5.78. The van der Waals surface area contributed by atoms with Crippen molar-refractivity contribution < 1.29 is 4.74 Å². The Kier molecular flexibility index (Phi) is 5.98. The molecule has 0 unspecified atom stereocenters. The second kappa shape index (κ2) is 7.97. The Balaban J connectivity index is 2.15. The van der Waals surface area contributed by atoms with Gasteiger partial charge >= 0.3 is 6.01 Å². The number of hydrogen-bond donors (Lipinski definition) is 2. The predicted molar refractivity (Wildman–Crippen MR) is 83.3 cm³/mol. The third-order valence-corrected chi connectivity index (χ3v) is 3.85. The van der Waals surface area contributed by atoms with Gasteiger partial charge in [-0.05, 0) is 39.5 Å². The van der Waals surface area contributed by atoms with E-state index in [0.29, 0.717) is 17.9 Å². The van der Waals surface area contributed by atoms with Gasteiger partial charge in [0.25, 0.3) is 0 Å². The van der Waals surface area contributed by atoms with E-state index in [0.717, 1.165) is 25.9 Å². The topological polar surface area (TPSA) is 89.2 Å². The van der Waals surface area contributed by atoms with Crippen molar-refractivity contribution >= 4 is 11.9 Å². The molecule has 0 atom stereocenters. The lowest BCUT2D eigenvalue weighted by molar-refractivity contribution is 0.168. The Labute approximate surface area is 126 Å². The van der Waals surface area contributed by atoms with Gasteiger partial charge in [0.15, 0.2) is 0 Å². The highest BCUT2D eigenvalue weighted by molar-refractivity contribution is 5.37. The SMILES string of the molecule is CCN(CC)c1nc(NN)nc(OC2CCCCCC2)n1. The van der Waals surface area contributed by atoms with Crippen LogP contribution in [0.25, 0.3) is 0 Å². The van der Waals surface area contributed by atoms with Crippen LogP contribution in [-0.4, -0.2) is 34.1 Å². The summed E-state index contributed by atoms with van der Waals surface area (Å²) in [5, 5.41) is 0. The van der Waals surface area contributed by atoms with Crippen LogP contribution in [0.2, 0.25) is 0 Å². The van der Waals surface area contributed by atoms with Gasteiger partial charge in [0.1, 0.15) is 6.10 Å². The summed E-state index contributed by atoms with van der Waals surface area (Å²) in [4.78, 5) is 15.0. The van der Waals surface area contributed by atoms with E-state index in [1.165, 1.54) is 25.7 Å². The van der Waals surface area contributed by atoms with Crippen molar-refractivity contribution in [1.29, 1.82) is 0 Å². The lowest BCUT2D eigenvalue weighted by atomic mass is 10.2. The van der Waals surface area contributed by atoms with Crippen molar-refractivity contribution in [1.82, 2.24) is 15.0 Å². The number of rotatable bonds is 6. The Morgan fingerprint density at radius 1 is 1.10 bits per heavy atom. The largest absolute Gasteiger partial charge is 0.460 e. The summed E-state index contributed by atoms with van der Waals surface area (Å²) >= 11 is 0. The minimum atomic E-state index is 0.199. The molecule has 7 nitrogen and oxygen atoms in total. The lowest BCUT2D eigenvalue weighted by Crippen LogP contribution is -2.26. The third kappa shape index (κ3) is 4.42. The van der Waals surface area contributed by atoms with Crippen LogP contribution < -0.4 is 20.9 Å². The van der Waals surface area contributed by atoms with Gasteiger partial charge in [-0.2, -0.15) is 15.0 Å². The second-order valence-electron chi connectivity index (χ2n) is 5.29. The number of nitrogens with one attached hydrogen (secondary N) is 1. The zero-order chi connectivity index (χ0) is 15.1. The normalized spacial score (nSPS) is 16.3. The maximum atomic E-state index is 5.97. The molecule has 1 saturated carbocycles. The Morgan fingerprint density at radius 3 is 2.33 bits per heavy atom. The average Bonchev–Trinajstić information content (AvgIpc) is 2.77. The second-order valence-corrected chi connectivity index (χ2v) is 5.29. The first-order valence-corrected chi connectivity index (χ1v) is 7.91. The summed E-state index contributed by atoms with van der Waals surface area (Å²) < 4.78 is 5.97. The van der Waals surface area contributed by atoms with E-state index in [-0.39, 0.29) is 6.10 Å². The highest BCUT2D eigenvalue weighted by Gasteiger charge is 2.17. The molecule has 0 radical (unpaired) electrons. The number of hydrogen-bond acceptors (Lipinski definition) is 7. The molecule has 0 aliphatic heterocycles. The molecule has 1 aliphatic rings. The summed E-state index contributed by atoms with van der Waals surface area (Å²) in [5.74, 6) is 6.40. The number of aromatic nitrogens is 3. The molecule has 1 aromatic rings. The van der Waals surface area contributed by atoms with Gasteiger partial charge in [0.05, 0.1) is 0 Å². The lowest BCUT2D eigenvalue weighted by Gasteiger charge is -2.20. The van der Waals surface area contributed by atoms with Gasteiger partial charge in [0.2, 0.25) is 11.9 Å².